The summed E-state index contributed by atoms with van der Waals surface area (Å²) in [7, 11) is 0. The number of fused-ring (bicyclic) bond motifs is 1. The smallest absolute Gasteiger partial charge is 0.124 e. The van der Waals surface area contributed by atoms with Gasteiger partial charge in [0.25, 0.3) is 0 Å². The van der Waals surface area contributed by atoms with Gasteiger partial charge < -0.3 is 9.47 Å². The van der Waals surface area contributed by atoms with Gasteiger partial charge in [-0.15, -0.1) is 0 Å². The Labute approximate surface area is 165 Å². The number of nitriles is 1. The van der Waals surface area contributed by atoms with Crippen LogP contribution in [0.3, 0.4) is 0 Å². The first-order chi connectivity index (χ1) is 14.2. The van der Waals surface area contributed by atoms with Crippen LogP contribution < -0.4 is 0 Å². The van der Waals surface area contributed by atoms with Crippen molar-refractivity contribution in [2.75, 3.05) is 19.9 Å². The number of rotatable bonds is 5. The zero-order valence-corrected chi connectivity index (χ0v) is 15.4. The Morgan fingerprint density at radius 3 is 2.59 bits per heavy atom. The fourth-order valence-corrected chi connectivity index (χ4v) is 3.68. The Hall–Kier alpha value is -3.53. The van der Waals surface area contributed by atoms with Gasteiger partial charge in [0.1, 0.15) is 25.2 Å². The second-order valence-corrected chi connectivity index (χ2v) is 6.63. The fraction of sp³-hybridized carbons (Fsp3) is 0.182. The first kappa shape index (κ1) is 18.8. The van der Waals surface area contributed by atoms with Crippen molar-refractivity contribution in [2.45, 2.75) is 6.04 Å². The third-order valence-electron chi connectivity index (χ3n) is 5.00. The standard InChI is InChI=1S/C22H17F3N4/c23-12-17(13-24)28-10-2-1-3-21(28)22-19(14-26)18-11-15(25)4-5-20(18)29(22)16-6-8-27-9-7-16/h1-9,11,17H,10,12-13H2. The molecular formula is C22H17F3N4. The normalized spacial score (nSPS) is 13.8. The third-order valence-corrected chi connectivity index (χ3v) is 5.00. The molecule has 0 spiro atoms. The molecule has 2 aromatic heterocycles. The van der Waals surface area contributed by atoms with E-state index in [2.05, 4.69) is 11.1 Å². The van der Waals surface area contributed by atoms with Crippen LogP contribution in [0.1, 0.15) is 11.3 Å². The number of nitrogens with zero attached hydrogens (tertiary/aromatic N) is 4. The lowest BCUT2D eigenvalue weighted by molar-refractivity contribution is 0.212. The van der Waals surface area contributed by atoms with Gasteiger partial charge in [0.15, 0.2) is 0 Å². The highest BCUT2D eigenvalue weighted by Gasteiger charge is 2.29. The molecule has 0 fully saturated rings. The van der Waals surface area contributed by atoms with Crippen LogP contribution in [0.2, 0.25) is 0 Å². The molecule has 0 aliphatic carbocycles. The van der Waals surface area contributed by atoms with E-state index in [1.54, 1.807) is 58.3 Å². The summed E-state index contributed by atoms with van der Waals surface area (Å²) >= 11 is 0. The lowest BCUT2D eigenvalue weighted by Gasteiger charge is -2.34. The van der Waals surface area contributed by atoms with Crippen molar-refractivity contribution >= 4 is 16.6 Å². The highest BCUT2D eigenvalue weighted by molar-refractivity contribution is 5.94. The Bertz CT molecular complexity index is 1140. The summed E-state index contributed by atoms with van der Waals surface area (Å²) in [5.74, 6) is -0.466. The van der Waals surface area contributed by atoms with E-state index >= 15 is 0 Å². The molecule has 4 nitrogen and oxygen atoms in total. The third kappa shape index (κ3) is 3.17. The van der Waals surface area contributed by atoms with Gasteiger partial charge in [0.05, 0.1) is 28.5 Å². The molecule has 1 aromatic carbocycles. The van der Waals surface area contributed by atoms with Crippen LogP contribution in [-0.2, 0) is 0 Å². The quantitative estimate of drug-likeness (QED) is 0.637. The molecule has 0 saturated carbocycles. The highest BCUT2D eigenvalue weighted by Crippen LogP contribution is 2.36. The van der Waals surface area contributed by atoms with Gasteiger partial charge in [-0.2, -0.15) is 5.26 Å². The van der Waals surface area contributed by atoms with Gasteiger partial charge >= 0.3 is 0 Å². The lowest BCUT2D eigenvalue weighted by Crippen LogP contribution is -2.39. The molecule has 1 aliphatic rings. The van der Waals surface area contributed by atoms with E-state index in [-0.39, 0.29) is 5.56 Å². The maximum absolute atomic E-state index is 14.0. The van der Waals surface area contributed by atoms with E-state index in [4.69, 9.17) is 0 Å². The zero-order valence-electron chi connectivity index (χ0n) is 15.4. The van der Waals surface area contributed by atoms with E-state index < -0.39 is 25.2 Å². The highest BCUT2D eigenvalue weighted by atomic mass is 19.1. The summed E-state index contributed by atoms with van der Waals surface area (Å²) < 4.78 is 42.9. The molecule has 146 valence electrons. The predicted molar refractivity (Wildman–Crippen MR) is 105 cm³/mol. The number of hydrogen-bond donors (Lipinski definition) is 0. The molecule has 0 amide bonds. The van der Waals surface area contributed by atoms with Crippen LogP contribution in [0.5, 0.6) is 0 Å². The van der Waals surface area contributed by atoms with Gasteiger partial charge in [0.2, 0.25) is 0 Å². The monoisotopic (exact) mass is 394 g/mol. The molecule has 7 heteroatoms. The predicted octanol–water partition coefficient (Wildman–Crippen LogP) is 4.56. The zero-order chi connectivity index (χ0) is 20.4. The average molecular weight is 394 g/mol. The molecule has 3 aromatic rings. The van der Waals surface area contributed by atoms with Crippen LogP contribution in [-0.4, -0.2) is 40.4 Å². The molecule has 0 bridgehead atoms. The summed E-state index contributed by atoms with van der Waals surface area (Å²) in [6.45, 7) is -1.43. The average Bonchev–Trinajstić information content (AvgIpc) is 3.08. The number of hydrogen-bond acceptors (Lipinski definition) is 3. The van der Waals surface area contributed by atoms with Crippen molar-refractivity contribution < 1.29 is 13.2 Å². The van der Waals surface area contributed by atoms with Crippen LogP contribution in [0.25, 0.3) is 22.3 Å². The summed E-state index contributed by atoms with van der Waals surface area (Å²) in [6, 6.07) is 8.95. The Morgan fingerprint density at radius 1 is 1.14 bits per heavy atom. The van der Waals surface area contributed by atoms with Crippen LogP contribution in [0, 0.1) is 17.1 Å². The van der Waals surface area contributed by atoms with Gasteiger partial charge in [-0.25, -0.2) is 13.2 Å². The minimum absolute atomic E-state index is 0.249. The van der Waals surface area contributed by atoms with Crippen molar-refractivity contribution in [3.05, 3.63) is 78.0 Å². The molecule has 0 saturated heterocycles. The molecule has 0 N–H and O–H groups in total. The van der Waals surface area contributed by atoms with Crippen LogP contribution in [0.15, 0.2) is 61.0 Å². The van der Waals surface area contributed by atoms with Crippen molar-refractivity contribution in [3.63, 3.8) is 0 Å². The van der Waals surface area contributed by atoms with E-state index in [9.17, 15) is 18.4 Å². The second kappa shape index (κ2) is 7.84. The topological polar surface area (TPSA) is 44.9 Å². The minimum atomic E-state index is -0.974. The van der Waals surface area contributed by atoms with E-state index in [1.165, 1.54) is 12.1 Å². The Kier molecular flexibility index (Phi) is 5.09. The first-order valence-electron chi connectivity index (χ1n) is 9.09. The van der Waals surface area contributed by atoms with Crippen molar-refractivity contribution in [3.8, 4) is 11.8 Å². The van der Waals surface area contributed by atoms with Gasteiger partial charge in [0, 0.05) is 30.0 Å². The summed E-state index contributed by atoms with van der Waals surface area (Å²) in [6.07, 6.45) is 8.53. The molecule has 0 unspecified atom stereocenters. The van der Waals surface area contributed by atoms with Crippen molar-refractivity contribution in [1.29, 1.82) is 5.26 Å². The summed E-state index contributed by atoms with van der Waals surface area (Å²) in [5.41, 5.74) is 2.56. The van der Waals surface area contributed by atoms with Crippen LogP contribution >= 0.6 is 0 Å². The SMILES string of the molecule is N#Cc1c(C2=CC=CCN2C(CF)CF)n(-c2ccncc2)c2ccc(F)cc12. The number of pyridine rings is 1. The van der Waals surface area contributed by atoms with E-state index in [0.717, 1.165) is 0 Å². The molecule has 0 radical (unpaired) electrons. The lowest BCUT2D eigenvalue weighted by atomic mass is 10.1. The van der Waals surface area contributed by atoms with Gasteiger partial charge in [-0.1, -0.05) is 12.2 Å². The first-order valence-corrected chi connectivity index (χ1v) is 9.09. The molecular weight excluding hydrogens is 377 g/mol. The van der Waals surface area contributed by atoms with Crippen LogP contribution in [0.4, 0.5) is 13.2 Å². The molecule has 29 heavy (non-hydrogen) atoms. The number of allylic oxidation sites excluding steroid dienone is 2. The Balaban J connectivity index is 2.07. The number of alkyl halides is 2. The van der Waals surface area contributed by atoms with Crippen molar-refractivity contribution in [1.82, 2.24) is 14.5 Å². The maximum Gasteiger partial charge on any atom is 0.124 e. The molecule has 4 rings (SSSR count). The van der Waals surface area contributed by atoms with Gasteiger partial charge in [-0.05, 0) is 36.4 Å². The second-order valence-electron chi connectivity index (χ2n) is 6.63. The number of aromatic nitrogens is 2. The van der Waals surface area contributed by atoms with E-state index in [0.29, 0.717) is 34.5 Å². The molecule has 3 heterocycles. The molecule has 1 aliphatic heterocycles. The maximum atomic E-state index is 14.0. The summed E-state index contributed by atoms with van der Waals surface area (Å²) in [4.78, 5) is 5.63. The summed E-state index contributed by atoms with van der Waals surface area (Å²) in [5, 5.41) is 10.4. The molecule has 0 atom stereocenters. The minimum Gasteiger partial charge on any atom is -0.358 e. The fourth-order valence-electron chi connectivity index (χ4n) is 3.68. The van der Waals surface area contributed by atoms with Crippen molar-refractivity contribution in [2.24, 2.45) is 0 Å². The largest absolute Gasteiger partial charge is 0.358 e. The number of halogens is 3. The van der Waals surface area contributed by atoms with Gasteiger partial charge in [-0.3, -0.25) is 4.98 Å². The number of benzene rings is 1. The Morgan fingerprint density at radius 2 is 1.90 bits per heavy atom. The van der Waals surface area contributed by atoms with E-state index in [1.807, 2.05) is 0 Å².